The second-order valence-electron chi connectivity index (χ2n) is 9.60. The van der Waals surface area contributed by atoms with Gasteiger partial charge in [0.15, 0.2) is 5.82 Å². The molecule has 0 unspecified atom stereocenters. The van der Waals surface area contributed by atoms with E-state index in [0.717, 1.165) is 61.6 Å². The molecule has 1 N–H and O–H groups in total. The number of aromatic nitrogens is 4. The molecule has 7 heteroatoms. The number of benzene rings is 4. The second-order valence-corrected chi connectivity index (χ2v) is 9.60. The number of aromatic amines is 1. The molecule has 3 heterocycles. The summed E-state index contributed by atoms with van der Waals surface area (Å²) in [5.74, 6) is 1.53. The third-order valence-corrected chi connectivity index (χ3v) is 7.18. The summed E-state index contributed by atoms with van der Waals surface area (Å²) in [5, 5.41) is 3.95. The lowest BCUT2D eigenvalue weighted by Gasteiger charge is -2.15. The number of hydrogen-bond acceptors (Lipinski definition) is 5. The number of H-pyrrole nitrogens is 1. The third-order valence-electron chi connectivity index (χ3n) is 7.18. The van der Waals surface area contributed by atoms with Crippen LogP contribution in [-0.4, -0.2) is 19.7 Å². The van der Waals surface area contributed by atoms with Crippen molar-refractivity contribution in [2.24, 2.45) is 0 Å². The fraction of sp³-hybridized carbons (Fsp3) is 0.0938. The Morgan fingerprint density at radius 2 is 1.72 bits per heavy atom. The molecular formula is C32H24N4O3. The summed E-state index contributed by atoms with van der Waals surface area (Å²) < 4.78 is 13.4. The minimum atomic E-state index is -0.583. The maximum Gasteiger partial charge on any atom is 0.439 e. The fourth-order valence-corrected chi connectivity index (χ4v) is 5.35. The van der Waals surface area contributed by atoms with Crippen LogP contribution in [0.4, 0.5) is 0 Å². The number of fused-ring (bicyclic) bond motifs is 3. The Balaban J connectivity index is 1.36. The number of nitrogens with one attached hydrogen (secondary N) is 1. The molecule has 0 spiro atoms. The zero-order valence-corrected chi connectivity index (χ0v) is 21.2. The van der Waals surface area contributed by atoms with Crippen molar-refractivity contribution in [3.05, 3.63) is 136 Å². The average Bonchev–Trinajstić information content (AvgIpc) is 3.53. The predicted octanol–water partition coefficient (Wildman–Crippen LogP) is 6.30. The molecule has 7 rings (SSSR count). The number of allylic oxidation sites excluding steroid dienone is 1. The lowest BCUT2D eigenvalue weighted by atomic mass is 9.89. The van der Waals surface area contributed by atoms with Gasteiger partial charge in [0.2, 0.25) is 0 Å². The second kappa shape index (κ2) is 9.29. The molecule has 0 atom stereocenters. The number of ether oxygens (including phenoxy) is 1. The Kier molecular flexibility index (Phi) is 5.48. The Hall–Kier alpha value is -5.17. The number of para-hydroxylation sites is 3. The van der Waals surface area contributed by atoms with Gasteiger partial charge in [-0.15, -0.1) is 0 Å². The Bertz CT molecular complexity index is 1930. The molecule has 6 aromatic rings. The zero-order valence-electron chi connectivity index (χ0n) is 21.2. The maximum absolute atomic E-state index is 11.7. The van der Waals surface area contributed by atoms with Gasteiger partial charge in [-0.1, -0.05) is 78.0 Å². The van der Waals surface area contributed by atoms with Crippen molar-refractivity contribution in [3.8, 4) is 17.1 Å². The van der Waals surface area contributed by atoms with E-state index in [1.54, 1.807) is 0 Å². The highest BCUT2D eigenvalue weighted by molar-refractivity contribution is 5.99. The summed E-state index contributed by atoms with van der Waals surface area (Å²) in [4.78, 5) is 19.4. The van der Waals surface area contributed by atoms with Crippen LogP contribution in [0.2, 0.25) is 0 Å². The number of hydrogen-bond donors (Lipinski definition) is 1. The van der Waals surface area contributed by atoms with E-state index in [1.165, 1.54) is 0 Å². The van der Waals surface area contributed by atoms with E-state index in [4.69, 9.17) is 14.2 Å². The first-order chi connectivity index (χ1) is 19.2. The third kappa shape index (κ3) is 4.05. The molecule has 39 heavy (non-hydrogen) atoms. The van der Waals surface area contributed by atoms with Crippen molar-refractivity contribution in [1.82, 2.24) is 19.7 Å². The standard InChI is InChI=1S/C32H24N4O3/c1-20(30-34-32(37)39-35-30)29-24-16-15-21(17-23(24)19-38-28-14-8-5-11-25(28)29)18-36-27-13-7-6-12-26(27)33-31(36)22-9-3-2-4-10-22/h2-17H,18-19H2,1H3,(H,34,35,37). The summed E-state index contributed by atoms with van der Waals surface area (Å²) in [6.45, 7) is 3.01. The van der Waals surface area contributed by atoms with Crippen molar-refractivity contribution in [2.75, 3.05) is 0 Å². The van der Waals surface area contributed by atoms with Gasteiger partial charge < -0.3 is 9.30 Å². The van der Waals surface area contributed by atoms with E-state index < -0.39 is 5.76 Å². The fourth-order valence-electron chi connectivity index (χ4n) is 5.35. The van der Waals surface area contributed by atoms with Gasteiger partial charge in [0.25, 0.3) is 0 Å². The van der Waals surface area contributed by atoms with Crippen molar-refractivity contribution >= 4 is 22.2 Å². The van der Waals surface area contributed by atoms with Crippen LogP contribution in [-0.2, 0) is 13.2 Å². The summed E-state index contributed by atoms with van der Waals surface area (Å²) in [7, 11) is 0. The van der Waals surface area contributed by atoms with E-state index in [-0.39, 0.29) is 0 Å². The van der Waals surface area contributed by atoms with Crippen LogP contribution >= 0.6 is 0 Å². The normalized spacial score (nSPS) is 13.9. The van der Waals surface area contributed by atoms with E-state index in [0.29, 0.717) is 19.0 Å². The lowest BCUT2D eigenvalue weighted by Crippen LogP contribution is -2.05. The SMILES string of the molecule is CC(=C1c2ccc(Cn3c(-c4ccccc4)nc4ccccc43)cc2COc2ccccc21)c1noc(=O)[nH]1. The minimum Gasteiger partial charge on any atom is -0.488 e. The molecule has 0 aliphatic carbocycles. The molecule has 1 aliphatic rings. The number of rotatable bonds is 4. The molecule has 4 aromatic carbocycles. The van der Waals surface area contributed by atoms with Gasteiger partial charge in [-0.2, -0.15) is 0 Å². The average molecular weight is 513 g/mol. The van der Waals surface area contributed by atoms with Crippen LogP contribution < -0.4 is 10.5 Å². The first-order valence-corrected chi connectivity index (χ1v) is 12.8. The minimum absolute atomic E-state index is 0.402. The molecule has 2 aromatic heterocycles. The number of imidazole rings is 1. The quantitative estimate of drug-likeness (QED) is 0.300. The van der Waals surface area contributed by atoms with Crippen molar-refractivity contribution in [3.63, 3.8) is 0 Å². The van der Waals surface area contributed by atoms with Crippen LogP contribution in [0.15, 0.2) is 106 Å². The van der Waals surface area contributed by atoms with Gasteiger partial charge in [-0.3, -0.25) is 9.51 Å². The van der Waals surface area contributed by atoms with Crippen LogP contribution in [0, 0.1) is 0 Å². The van der Waals surface area contributed by atoms with Crippen molar-refractivity contribution < 1.29 is 9.26 Å². The molecule has 0 amide bonds. The van der Waals surface area contributed by atoms with Crippen LogP contribution in [0.1, 0.15) is 35.0 Å². The molecular weight excluding hydrogens is 488 g/mol. The Morgan fingerprint density at radius 1 is 0.923 bits per heavy atom. The molecule has 7 nitrogen and oxygen atoms in total. The summed E-state index contributed by atoms with van der Waals surface area (Å²) >= 11 is 0. The number of nitrogens with zero attached hydrogens (tertiary/aromatic N) is 3. The maximum atomic E-state index is 11.7. The smallest absolute Gasteiger partial charge is 0.439 e. The molecule has 1 aliphatic heterocycles. The van der Waals surface area contributed by atoms with E-state index in [9.17, 15) is 4.79 Å². The van der Waals surface area contributed by atoms with E-state index in [2.05, 4.69) is 57.2 Å². The summed E-state index contributed by atoms with van der Waals surface area (Å²) in [6.07, 6.45) is 0. The highest BCUT2D eigenvalue weighted by atomic mass is 16.5. The highest BCUT2D eigenvalue weighted by Gasteiger charge is 2.23. The van der Waals surface area contributed by atoms with Crippen molar-refractivity contribution in [2.45, 2.75) is 20.1 Å². The molecule has 0 bridgehead atoms. The van der Waals surface area contributed by atoms with Gasteiger partial charge in [0, 0.05) is 23.2 Å². The van der Waals surface area contributed by atoms with E-state index in [1.807, 2.05) is 61.5 Å². The van der Waals surface area contributed by atoms with Crippen LogP contribution in [0.3, 0.4) is 0 Å². The monoisotopic (exact) mass is 512 g/mol. The predicted molar refractivity (Wildman–Crippen MR) is 150 cm³/mol. The molecule has 0 fully saturated rings. The zero-order chi connectivity index (χ0) is 26.3. The molecule has 0 radical (unpaired) electrons. The van der Waals surface area contributed by atoms with Gasteiger partial charge in [-0.25, -0.2) is 9.78 Å². The lowest BCUT2D eigenvalue weighted by molar-refractivity contribution is 0.307. The largest absolute Gasteiger partial charge is 0.488 e. The Morgan fingerprint density at radius 3 is 2.56 bits per heavy atom. The van der Waals surface area contributed by atoms with Crippen molar-refractivity contribution in [1.29, 1.82) is 0 Å². The van der Waals surface area contributed by atoms with Gasteiger partial charge in [0.05, 0.1) is 11.0 Å². The Labute approximate surface area is 224 Å². The van der Waals surface area contributed by atoms with Gasteiger partial charge in [-0.05, 0) is 53.5 Å². The molecule has 0 saturated carbocycles. The summed E-state index contributed by atoms with van der Waals surface area (Å²) in [6, 6.07) is 32.9. The molecule has 190 valence electrons. The molecule has 0 saturated heterocycles. The van der Waals surface area contributed by atoms with E-state index >= 15 is 0 Å². The highest BCUT2D eigenvalue weighted by Crippen LogP contribution is 2.40. The topological polar surface area (TPSA) is 85.9 Å². The summed E-state index contributed by atoms with van der Waals surface area (Å²) in [5.41, 5.74) is 9.04. The first kappa shape index (κ1) is 23.0. The first-order valence-electron chi connectivity index (χ1n) is 12.8. The van der Waals surface area contributed by atoms with Crippen LogP contribution in [0.25, 0.3) is 33.6 Å². The van der Waals surface area contributed by atoms with Gasteiger partial charge >= 0.3 is 5.76 Å². The van der Waals surface area contributed by atoms with Gasteiger partial charge in [0.1, 0.15) is 18.2 Å². The van der Waals surface area contributed by atoms with Crippen LogP contribution in [0.5, 0.6) is 5.75 Å².